The summed E-state index contributed by atoms with van der Waals surface area (Å²) in [5, 5.41) is 13.1. The highest BCUT2D eigenvalue weighted by molar-refractivity contribution is 5.95. The van der Waals surface area contributed by atoms with Crippen molar-refractivity contribution in [3.8, 4) is 17.0 Å². The highest BCUT2D eigenvalue weighted by Crippen LogP contribution is 2.40. The average Bonchev–Trinajstić information content (AvgIpc) is 3.51. The first-order valence-corrected chi connectivity index (χ1v) is 11.1. The topological polar surface area (TPSA) is 71.5 Å². The summed E-state index contributed by atoms with van der Waals surface area (Å²) < 4.78 is 60.4. The Morgan fingerprint density at radius 1 is 1.15 bits per heavy atom. The van der Waals surface area contributed by atoms with Crippen LogP contribution >= 0.6 is 0 Å². The number of nitrogens with one attached hydrogen (secondary N) is 1. The van der Waals surface area contributed by atoms with Crippen LogP contribution in [-0.2, 0) is 6.18 Å². The molecule has 0 aliphatic heterocycles. The van der Waals surface area contributed by atoms with Gasteiger partial charge in [-0.05, 0) is 75.6 Å². The molecule has 178 valence electrons. The highest BCUT2D eigenvalue weighted by Gasteiger charge is 2.40. The third-order valence-corrected chi connectivity index (χ3v) is 6.34. The minimum atomic E-state index is -4.66. The van der Waals surface area contributed by atoms with E-state index in [9.17, 15) is 27.5 Å². The Bertz CT molecular complexity index is 1030. The molecule has 1 amide bonds. The first kappa shape index (κ1) is 23.5. The number of alkyl halides is 3. The monoisotopic (exact) mass is 466 g/mol. The maximum Gasteiger partial charge on any atom is 0.416 e. The van der Waals surface area contributed by atoms with Crippen molar-refractivity contribution in [3.63, 3.8) is 0 Å². The Kier molecular flexibility index (Phi) is 6.35. The van der Waals surface area contributed by atoms with Crippen LogP contribution in [-0.4, -0.2) is 34.2 Å². The lowest BCUT2D eigenvalue weighted by atomic mass is 10.00. The van der Waals surface area contributed by atoms with Crippen LogP contribution in [0.2, 0.25) is 0 Å². The van der Waals surface area contributed by atoms with Gasteiger partial charge < -0.3 is 15.2 Å². The van der Waals surface area contributed by atoms with Crippen LogP contribution in [0.1, 0.15) is 61.4 Å². The molecule has 33 heavy (non-hydrogen) atoms. The lowest BCUT2D eigenvalue weighted by Crippen LogP contribution is -2.42. The molecule has 2 aliphatic rings. The third kappa shape index (κ3) is 5.46. The van der Waals surface area contributed by atoms with Gasteiger partial charge in [0.2, 0.25) is 5.88 Å². The largest absolute Gasteiger partial charge is 0.474 e. The van der Waals surface area contributed by atoms with Gasteiger partial charge in [0.05, 0.1) is 16.7 Å². The van der Waals surface area contributed by atoms with E-state index < -0.39 is 29.1 Å². The van der Waals surface area contributed by atoms with Crippen LogP contribution in [0.3, 0.4) is 0 Å². The van der Waals surface area contributed by atoms with Crippen LogP contribution in [0.5, 0.6) is 5.88 Å². The summed E-state index contributed by atoms with van der Waals surface area (Å²) in [6, 6.07) is 3.40. The van der Waals surface area contributed by atoms with Gasteiger partial charge in [0, 0.05) is 23.9 Å². The number of benzene rings is 1. The Hall–Kier alpha value is -2.68. The van der Waals surface area contributed by atoms with Crippen LogP contribution in [0, 0.1) is 11.7 Å². The number of rotatable bonds is 7. The SMILES string of the molecule is CC(O)(CNC(=O)c1cnc(OC2CCCC2)c(-c2cc(C(F)(F)F)ccc2F)c1)C1CC1. The molecule has 0 spiro atoms. The minimum absolute atomic E-state index is 0.0124. The van der Waals surface area contributed by atoms with Crippen molar-refractivity contribution in [2.45, 2.75) is 63.3 Å². The van der Waals surface area contributed by atoms with Crippen LogP contribution in [0.4, 0.5) is 17.6 Å². The summed E-state index contributed by atoms with van der Waals surface area (Å²) in [7, 11) is 0. The van der Waals surface area contributed by atoms with Gasteiger partial charge in [-0.25, -0.2) is 9.37 Å². The molecule has 1 aromatic heterocycles. The molecular formula is C24H26F4N2O3. The second-order valence-corrected chi connectivity index (χ2v) is 9.11. The molecule has 9 heteroatoms. The smallest absolute Gasteiger partial charge is 0.416 e. The van der Waals surface area contributed by atoms with E-state index in [1.54, 1.807) is 6.92 Å². The van der Waals surface area contributed by atoms with E-state index in [2.05, 4.69) is 10.3 Å². The Labute approximate surface area is 189 Å². The number of hydrogen-bond donors (Lipinski definition) is 2. The van der Waals surface area contributed by atoms with E-state index in [1.807, 2.05) is 0 Å². The number of pyridine rings is 1. The number of carbonyl (C=O) groups excluding carboxylic acids is 1. The zero-order valence-corrected chi connectivity index (χ0v) is 18.2. The molecule has 1 aromatic carbocycles. The molecule has 2 fully saturated rings. The van der Waals surface area contributed by atoms with Gasteiger partial charge in [-0.15, -0.1) is 0 Å². The Morgan fingerprint density at radius 2 is 1.85 bits per heavy atom. The number of halogens is 4. The first-order valence-electron chi connectivity index (χ1n) is 11.1. The fourth-order valence-corrected chi connectivity index (χ4v) is 4.15. The molecule has 2 saturated carbocycles. The second kappa shape index (κ2) is 8.93. The lowest BCUT2D eigenvalue weighted by Gasteiger charge is -2.23. The van der Waals surface area contributed by atoms with E-state index in [-0.39, 0.29) is 41.1 Å². The summed E-state index contributed by atoms with van der Waals surface area (Å²) >= 11 is 0. The molecule has 5 nitrogen and oxygen atoms in total. The van der Waals surface area contributed by atoms with Crippen LogP contribution in [0.25, 0.3) is 11.1 Å². The molecule has 2 N–H and O–H groups in total. The molecule has 4 rings (SSSR count). The van der Waals surface area contributed by atoms with Gasteiger partial charge in [-0.2, -0.15) is 13.2 Å². The van der Waals surface area contributed by atoms with Crippen LogP contribution < -0.4 is 10.1 Å². The maximum absolute atomic E-state index is 14.7. The second-order valence-electron chi connectivity index (χ2n) is 9.11. The van der Waals surface area contributed by atoms with Crippen molar-refractivity contribution >= 4 is 5.91 Å². The molecular weight excluding hydrogens is 440 g/mol. The predicted molar refractivity (Wildman–Crippen MR) is 113 cm³/mol. The Morgan fingerprint density at radius 3 is 2.48 bits per heavy atom. The van der Waals surface area contributed by atoms with E-state index in [1.165, 1.54) is 12.3 Å². The van der Waals surface area contributed by atoms with E-state index in [0.717, 1.165) is 44.6 Å². The van der Waals surface area contributed by atoms with Gasteiger partial charge in [0.15, 0.2) is 0 Å². The molecule has 1 unspecified atom stereocenters. The Balaban J connectivity index is 1.67. The summed E-state index contributed by atoms with van der Waals surface area (Å²) in [6.07, 6.45) is 1.64. The quantitative estimate of drug-likeness (QED) is 0.556. The van der Waals surface area contributed by atoms with Gasteiger partial charge in [0.1, 0.15) is 11.9 Å². The summed E-state index contributed by atoms with van der Waals surface area (Å²) in [4.78, 5) is 16.9. The van der Waals surface area contributed by atoms with Crippen molar-refractivity contribution in [3.05, 3.63) is 47.4 Å². The molecule has 2 aromatic rings. The molecule has 1 heterocycles. The van der Waals surface area contributed by atoms with Gasteiger partial charge >= 0.3 is 6.18 Å². The number of aromatic nitrogens is 1. The van der Waals surface area contributed by atoms with Gasteiger partial charge in [-0.1, -0.05) is 0 Å². The average molecular weight is 466 g/mol. The van der Waals surface area contributed by atoms with Gasteiger partial charge in [0.25, 0.3) is 5.91 Å². The molecule has 1 atom stereocenters. The number of hydrogen-bond acceptors (Lipinski definition) is 4. The first-order chi connectivity index (χ1) is 15.5. The van der Waals surface area contributed by atoms with Gasteiger partial charge in [-0.3, -0.25) is 4.79 Å². The molecule has 0 bridgehead atoms. The van der Waals surface area contributed by atoms with Crippen molar-refractivity contribution in [2.24, 2.45) is 5.92 Å². The van der Waals surface area contributed by atoms with E-state index in [4.69, 9.17) is 4.74 Å². The standard InChI is InChI=1S/C24H26F4N2O3/c1-23(32,15-6-7-15)13-30-21(31)14-10-19(22(29-12-14)33-17-4-2-3-5-17)18-11-16(24(26,27)28)8-9-20(18)25/h8-12,15,17,32H,2-7,13H2,1H3,(H,30,31). The normalized spacial score (nSPS) is 18.7. The molecule has 2 aliphatic carbocycles. The fraction of sp³-hybridized carbons (Fsp3) is 0.500. The van der Waals surface area contributed by atoms with Crippen molar-refractivity contribution < 1.29 is 32.2 Å². The number of ether oxygens (including phenoxy) is 1. The van der Waals surface area contributed by atoms with E-state index >= 15 is 0 Å². The number of nitrogens with zero attached hydrogens (tertiary/aromatic N) is 1. The number of aliphatic hydroxyl groups is 1. The highest BCUT2D eigenvalue weighted by atomic mass is 19.4. The molecule has 0 radical (unpaired) electrons. The zero-order valence-electron chi connectivity index (χ0n) is 18.2. The number of carbonyl (C=O) groups is 1. The summed E-state index contributed by atoms with van der Waals surface area (Å²) in [5.41, 5.74) is -2.39. The summed E-state index contributed by atoms with van der Waals surface area (Å²) in [5.74, 6) is -1.34. The third-order valence-electron chi connectivity index (χ3n) is 6.34. The lowest BCUT2D eigenvalue weighted by molar-refractivity contribution is -0.137. The minimum Gasteiger partial charge on any atom is -0.474 e. The predicted octanol–water partition coefficient (Wildman–Crippen LogP) is 5.12. The zero-order chi connectivity index (χ0) is 23.8. The van der Waals surface area contributed by atoms with Crippen LogP contribution in [0.15, 0.2) is 30.5 Å². The fourth-order valence-electron chi connectivity index (χ4n) is 4.15. The van der Waals surface area contributed by atoms with Crippen molar-refractivity contribution in [2.75, 3.05) is 6.54 Å². The number of amides is 1. The van der Waals surface area contributed by atoms with E-state index in [0.29, 0.717) is 12.1 Å². The molecule has 0 saturated heterocycles. The summed E-state index contributed by atoms with van der Waals surface area (Å²) in [6.45, 7) is 1.66. The van der Waals surface area contributed by atoms with Crippen molar-refractivity contribution in [1.29, 1.82) is 0 Å². The van der Waals surface area contributed by atoms with Crippen molar-refractivity contribution in [1.82, 2.24) is 10.3 Å². The maximum atomic E-state index is 14.7.